The average molecular weight is 809 g/mol. The van der Waals surface area contributed by atoms with Crippen LogP contribution in [-0.2, 0) is 22.3 Å². The van der Waals surface area contributed by atoms with Crippen LogP contribution < -0.4 is 9.47 Å². The van der Waals surface area contributed by atoms with Gasteiger partial charge in [0.2, 0.25) is 0 Å². The summed E-state index contributed by atoms with van der Waals surface area (Å²) in [5, 5.41) is 0. The van der Waals surface area contributed by atoms with Crippen LogP contribution in [0, 0.1) is 0 Å². The molecule has 5 aromatic carbocycles. The predicted molar refractivity (Wildman–Crippen MR) is 243 cm³/mol. The van der Waals surface area contributed by atoms with E-state index in [1.165, 1.54) is 49.7 Å². The Morgan fingerprint density at radius 2 is 0.833 bits per heavy atom. The Morgan fingerprint density at radius 1 is 0.450 bits per heavy atom. The number of unbranched alkanes of at least 4 members (excludes halogenated alkanes) is 6. The summed E-state index contributed by atoms with van der Waals surface area (Å²) < 4.78 is 22.8. The van der Waals surface area contributed by atoms with Crippen LogP contribution in [0.2, 0.25) is 0 Å². The summed E-state index contributed by atoms with van der Waals surface area (Å²) >= 11 is 0. The minimum atomic E-state index is -0.554. The molecule has 0 heterocycles. The third-order valence-electron chi connectivity index (χ3n) is 9.94. The first-order valence-corrected chi connectivity index (χ1v) is 21.7. The Labute approximate surface area is 356 Å². The molecule has 0 saturated carbocycles. The number of carbonyl (C=O) groups excluding carboxylic acids is 2. The zero-order chi connectivity index (χ0) is 42.0. The van der Waals surface area contributed by atoms with E-state index in [4.69, 9.17) is 18.9 Å². The quantitative estimate of drug-likeness (QED) is 0.0314. The number of carbonyl (C=O) groups is 2. The van der Waals surface area contributed by atoms with E-state index in [1.807, 2.05) is 61.0 Å². The standard InChI is InChI=1S/C52H60N2O6/c1-3-5-7-15-41-19-27-45(28-20-41)53-39-43-23-31-47(32-24-43)57-35-11-13-37-59-51(55)49-17-9-10-18-50(49)52(56)60-38-14-12-36-58-48-33-25-44(26-34-48)40-54-46-29-21-42(22-30-46)16-8-6-4-2/h9-10,17-34,39-40H,3-8,11-16,35-38H2,1-2H3. The molecule has 60 heavy (non-hydrogen) atoms. The van der Waals surface area contributed by atoms with Gasteiger partial charge in [0.1, 0.15) is 11.5 Å². The fourth-order valence-electron chi connectivity index (χ4n) is 6.37. The third kappa shape index (κ3) is 16.3. The van der Waals surface area contributed by atoms with Crippen LogP contribution in [0.3, 0.4) is 0 Å². The molecule has 5 aromatic rings. The summed E-state index contributed by atoms with van der Waals surface area (Å²) in [6.07, 6.45) is 16.0. The highest BCUT2D eigenvalue weighted by Gasteiger charge is 2.19. The van der Waals surface area contributed by atoms with Crippen LogP contribution >= 0.6 is 0 Å². The van der Waals surface area contributed by atoms with Gasteiger partial charge in [0, 0.05) is 12.4 Å². The number of benzene rings is 5. The Bertz CT molecular complexity index is 1910. The molecule has 0 spiro atoms. The summed E-state index contributed by atoms with van der Waals surface area (Å²) in [6.45, 7) is 5.84. The van der Waals surface area contributed by atoms with Gasteiger partial charge in [-0.3, -0.25) is 9.98 Å². The summed E-state index contributed by atoms with van der Waals surface area (Å²) in [5.74, 6) is 0.423. The van der Waals surface area contributed by atoms with Crippen molar-refractivity contribution in [1.82, 2.24) is 0 Å². The molecule has 0 aliphatic heterocycles. The van der Waals surface area contributed by atoms with Gasteiger partial charge >= 0.3 is 11.9 Å². The van der Waals surface area contributed by atoms with Gasteiger partial charge in [0.25, 0.3) is 0 Å². The highest BCUT2D eigenvalue weighted by molar-refractivity contribution is 6.03. The van der Waals surface area contributed by atoms with Crippen molar-refractivity contribution in [3.05, 3.63) is 155 Å². The van der Waals surface area contributed by atoms with Crippen molar-refractivity contribution in [2.75, 3.05) is 26.4 Å². The number of ether oxygens (including phenoxy) is 4. The van der Waals surface area contributed by atoms with Crippen molar-refractivity contribution in [3.8, 4) is 11.5 Å². The fraction of sp³-hybridized carbons (Fsp3) is 0.346. The number of hydrogen-bond donors (Lipinski definition) is 0. The summed E-state index contributed by atoms with van der Waals surface area (Å²) in [6, 6.07) is 39.1. The molecule has 0 atom stereocenters. The Hall–Kier alpha value is -6.02. The molecule has 0 saturated heterocycles. The van der Waals surface area contributed by atoms with Crippen molar-refractivity contribution < 1.29 is 28.5 Å². The van der Waals surface area contributed by atoms with E-state index >= 15 is 0 Å². The molecular formula is C52H60N2O6. The lowest BCUT2D eigenvalue weighted by Gasteiger charge is -2.10. The molecule has 0 bridgehead atoms. The van der Waals surface area contributed by atoms with Crippen molar-refractivity contribution in [2.45, 2.75) is 90.9 Å². The van der Waals surface area contributed by atoms with Crippen molar-refractivity contribution in [1.29, 1.82) is 0 Å². The van der Waals surface area contributed by atoms with Gasteiger partial charge in [-0.2, -0.15) is 0 Å². The van der Waals surface area contributed by atoms with Crippen molar-refractivity contribution in [3.63, 3.8) is 0 Å². The zero-order valence-corrected chi connectivity index (χ0v) is 35.4. The van der Waals surface area contributed by atoms with Crippen LogP contribution in [0.15, 0.2) is 131 Å². The van der Waals surface area contributed by atoms with E-state index in [0.717, 1.165) is 46.8 Å². The molecule has 314 valence electrons. The normalized spacial score (nSPS) is 11.2. The van der Waals surface area contributed by atoms with Gasteiger partial charge in [-0.25, -0.2) is 9.59 Å². The Kier molecular flexibility index (Phi) is 19.6. The van der Waals surface area contributed by atoms with Gasteiger partial charge in [0.15, 0.2) is 0 Å². The molecule has 5 rings (SSSR count). The molecule has 8 heteroatoms. The molecule has 0 fully saturated rings. The van der Waals surface area contributed by atoms with E-state index in [9.17, 15) is 9.59 Å². The Morgan fingerprint density at radius 3 is 1.22 bits per heavy atom. The highest BCUT2D eigenvalue weighted by Crippen LogP contribution is 2.19. The zero-order valence-electron chi connectivity index (χ0n) is 35.4. The molecule has 0 N–H and O–H groups in total. The molecule has 0 aliphatic rings. The molecule has 0 radical (unpaired) electrons. The first-order chi connectivity index (χ1) is 29.5. The minimum Gasteiger partial charge on any atom is -0.494 e. The fourth-order valence-corrected chi connectivity index (χ4v) is 6.37. The van der Waals surface area contributed by atoms with Gasteiger partial charge in [-0.05, 0) is 159 Å². The lowest BCUT2D eigenvalue weighted by molar-refractivity contribution is 0.0447. The number of rotatable bonds is 26. The van der Waals surface area contributed by atoms with Gasteiger partial charge < -0.3 is 18.9 Å². The van der Waals surface area contributed by atoms with Crippen molar-refractivity contribution >= 4 is 35.7 Å². The lowest BCUT2D eigenvalue weighted by atomic mass is 10.1. The SMILES string of the molecule is CCCCCc1ccc(N=Cc2ccc(OCCCCOC(=O)c3ccccc3C(=O)OCCCCOc3ccc(C=Nc4ccc(CCCCC)cc4)cc3)cc2)cc1. The van der Waals surface area contributed by atoms with Crippen LogP contribution in [-0.4, -0.2) is 50.8 Å². The maximum Gasteiger partial charge on any atom is 0.339 e. The monoisotopic (exact) mass is 808 g/mol. The molecule has 0 amide bonds. The first-order valence-electron chi connectivity index (χ1n) is 21.7. The van der Waals surface area contributed by atoms with Gasteiger partial charge in [-0.1, -0.05) is 75.9 Å². The van der Waals surface area contributed by atoms with E-state index in [-0.39, 0.29) is 24.3 Å². The smallest absolute Gasteiger partial charge is 0.339 e. The molecule has 0 aromatic heterocycles. The summed E-state index contributed by atoms with van der Waals surface area (Å²) in [5.41, 5.74) is 6.93. The summed E-state index contributed by atoms with van der Waals surface area (Å²) in [7, 11) is 0. The van der Waals surface area contributed by atoms with Crippen LogP contribution in [0.25, 0.3) is 0 Å². The van der Waals surface area contributed by atoms with E-state index in [2.05, 4.69) is 72.4 Å². The van der Waals surface area contributed by atoms with Crippen LogP contribution in [0.5, 0.6) is 11.5 Å². The topological polar surface area (TPSA) is 95.8 Å². The van der Waals surface area contributed by atoms with E-state index in [0.29, 0.717) is 38.9 Å². The Balaban J connectivity index is 0.923. The highest BCUT2D eigenvalue weighted by atomic mass is 16.5. The number of aryl methyl sites for hydroxylation is 2. The van der Waals surface area contributed by atoms with Crippen molar-refractivity contribution in [2.24, 2.45) is 9.98 Å². The number of esters is 2. The second kappa shape index (κ2) is 26.2. The molecule has 8 nitrogen and oxygen atoms in total. The average Bonchev–Trinajstić information content (AvgIpc) is 3.29. The maximum absolute atomic E-state index is 12.9. The van der Waals surface area contributed by atoms with E-state index < -0.39 is 11.9 Å². The summed E-state index contributed by atoms with van der Waals surface area (Å²) in [4.78, 5) is 35.0. The van der Waals surface area contributed by atoms with Gasteiger partial charge in [0.05, 0.1) is 48.9 Å². The van der Waals surface area contributed by atoms with Crippen LogP contribution in [0.4, 0.5) is 11.4 Å². The second-order valence-electron chi connectivity index (χ2n) is 14.8. The largest absolute Gasteiger partial charge is 0.494 e. The molecule has 0 aliphatic carbocycles. The molecular weight excluding hydrogens is 749 g/mol. The molecule has 0 unspecified atom stereocenters. The van der Waals surface area contributed by atoms with Crippen LogP contribution in [0.1, 0.15) is 121 Å². The first kappa shape index (κ1) is 45.1. The number of nitrogens with zero attached hydrogens (tertiary/aromatic N) is 2. The number of aliphatic imine (C=N–C) groups is 2. The predicted octanol–water partition coefficient (Wildman–Crippen LogP) is 12.7. The van der Waals surface area contributed by atoms with E-state index in [1.54, 1.807) is 24.3 Å². The maximum atomic E-state index is 12.9. The van der Waals surface area contributed by atoms with Gasteiger partial charge in [-0.15, -0.1) is 0 Å². The lowest BCUT2D eigenvalue weighted by Crippen LogP contribution is -2.15. The third-order valence-corrected chi connectivity index (χ3v) is 9.94. The second-order valence-corrected chi connectivity index (χ2v) is 14.8. The number of hydrogen-bond acceptors (Lipinski definition) is 8. The minimum absolute atomic E-state index is 0.189.